The molecule has 2 rings (SSSR count). The standard InChI is InChI=1S/C19H22O3/c1-19(2,18(20)21)13-8-14-22-17-12-7-6-11-16(17)15-9-4-3-5-10-15/h3-7,9-12H,8,13-14H2,1-2H3,(H,20,21). The van der Waals surface area contributed by atoms with E-state index in [1.54, 1.807) is 13.8 Å². The number of hydrogen-bond acceptors (Lipinski definition) is 2. The van der Waals surface area contributed by atoms with Gasteiger partial charge in [0, 0.05) is 5.56 Å². The van der Waals surface area contributed by atoms with Gasteiger partial charge in [0.1, 0.15) is 5.75 Å². The maximum atomic E-state index is 11.1. The molecule has 2 aromatic rings. The van der Waals surface area contributed by atoms with Gasteiger partial charge in [-0.2, -0.15) is 0 Å². The molecule has 0 heterocycles. The first-order valence-corrected chi connectivity index (χ1v) is 7.51. The SMILES string of the molecule is CC(C)(CCCOc1ccccc1-c1ccccc1)C(=O)O. The summed E-state index contributed by atoms with van der Waals surface area (Å²) in [6, 6.07) is 18.0. The Kier molecular flexibility index (Phi) is 5.21. The van der Waals surface area contributed by atoms with Crippen LogP contribution >= 0.6 is 0 Å². The van der Waals surface area contributed by atoms with Gasteiger partial charge < -0.3 is 9.84 Å². The third kappa shape index (κ3) is 4.10. The molecular weight excluding hydrogens is 276 g/mol. The highest BCUT2D eigenvalue weighted by Gasteiger charge is 2.26. The Hall–Kier alpha value is -2.29. The Balaban J connectivity index is 1.98. The first-order chi connectivity index (χ1) is 10.5. The number of carboxylic acid groups (broad SMARTS) is 1. The van der Waals surface area contributed by atoms with Gasteiger partial charge in [0.05, 0.1) is 12.0 Å². The third-order valence-electron chi connectivity index (χ3n) is 3.75. The second-order valence-corrected chi connectivity index (χ2v) is 6.00. The summed E-state index contributed by atoms with van der Waals surface area (Å²) in [5.74, 6) is 0.0685. The number of hydrogen-bond donors (Lipinski definition) is 1. The molecule has 0 aliphatic rings. The van der Waals surface area contributed by atoms with E-state index in [1.807, 2.05) is 42.5 Å². The zero-order valence-electron chi connectivity index (χ0n) is 13.1. The summed E-state index contributed by atoms with van der Waals surface area (Å²) >= 11 is 0. The number of carboxylic acids is 1. The van der Waals surface area contributed by atoms with E-state index in [1.165, 1.54) is 0 Å². The normalized spacial score (nSPS) is 11.2. The molecule has 0 aliphatic heterocycles. The molecule has 0 spiro atoms. The largest absolute Gasteiger partial charge is 0.493 e. The van der Waals surface area contributed by atoms with Crippen molar-refractivity contribution in [1.82, 2.24) is 0 Å². The van der Waals surface area contributed by atoms with Crippen LogP contribution in [0.3, 0.4) is 0 Å². The van der Waals surface area contributed by atoms with Crippen molar-refractivity contribution in [1.29, 1.82) is 0 Å². The summed E-state index contributed by atoms with van der Waals surface area (Å²) in [6.45, 7) is 4.00. The molecule has 0 aliphatic carbocycles. The van der Waals surface area contributed by atoms with Crippen molar-refractivity contribution in [2.24, 2.45) is 5.41 Å². The Labute approximate surface area is 131 Å². The van der Waals surface area contributed by atoms with Crippen LogP contribution in [0.1, 0.15) is 26.7 Å². The van der Waals surface area contributed by atoms with E-state index in [9.17, 15) is 4.79 Å². The van der Waals surface area contributed by atoms with Crippen molar-refractivity contribution in [3.63, 3.8) is 0 Å². The van der Waals surface area contributed by atoms with Crippen molar-refractivity contribution in [3.8, 4) is 16.9 Å². The van der Waals surface area contributed by atoms with Crippen molar-refractivity contribution < 1.29 is 14.6 Å². The lowest BCUT2D eigenvalue weighted by atomic mass is 9.88. The van der Waals surface area contributed by atoms with Gasteiger partial charge in [0.15, 0.2) is 0 Å². The minimum absolute atomic E-state index is 0.514. The van der Waals surface area contributed by atoms with Crippen LogP contribution in [0.4, 0.5) is 0 Å². The van der Waals surface area contributed by atoms with Crippen LogP contribution in [0.5, 0.6) is 5.75 Å². The van der Waals surface area contributed by atoms with Gasteiger partial charge >= 0.3 is 5.97 Å². The van der Waals surface area contributed by atoms with Crippen molar-refractivity contribution in [3.05, 3.63) is 54.6 Å². The summed E-state index contributed by atoms with van der Waals surface area (Å²) in [5.41, 5.74) is 1.46. The van der Waals surface area contributed by atoms with Crippen LogP contribution in [0, 0.1) is 5.41 Å². The van der Waals surface area contributed by atoms with Gasteiger partial charge in [-0.05, 0) is 38.3 Å². The molecule has 0 bridgehead atoms. The molecule has 0 saturated carbocycles. The van der Waals surface area contributed by atoms with Gasteiger partial charge in [-0.25, -0.2) is 0 Å². The monoisotopic (exact) mass is 298 g/mol. The summed E-state index contributed by atoms with van der Waals surface area (Å²) in [4.78, 5) is 11.1. The maximum Gasteiger partial charge on any atom is 0.309 e. The fraction of sp³-hybridized carbons (Fsp3) is 0.316. The Morgan fingerprint density at radius 1 is 1.05 bits per heavy atom. The average Bonchev–Trinajstić information content (AvgIpc) is 2.52. The van der Waals surface area contributed by atoms with E-state index in [-0.39, 0.29) is 0 Å². The smallest absolute Gasteiger partial charge is 0.309 e. The molecule has 0 unspecified atom stereocenters. The highest BCUT2D eigenvalue weighted by Crippen LogP contribution is 2.30. The Morgan fingerprint density at radius 2 is 1.68 bits per heavy atom. The second kappa shape index (κ2) is 7.12. The molecule has 116 valence electrons. The fourth-order valence-electron chi connectivity index (χ4n) is 2.25. The summed E-state index contributed by atoms with van der Waals surface area (Å²) in [5, 5.41) is 9.11. The van der Waals surface area contributed by atoms with Crippen molar-refractivity contribution in [2.75, 3.05) is 6.61 Å². The van der Waals surface area contributed by atoms with E-state index in [0.717, 1.165) is 16.9 Å². The van der Waals surface area contributed by atoms with E-state index in [4.69, 9.17) is 9.84 Å². The molecule has 0 aromatic heterocycles. The average molecular weight is 298 g/mol. The quantitative estimate of drug-likeness (QED) is 0.758. The summed E-state index contributed by atoms with van der Waals surface area (Å²) < 4.78 is 5.87. The zero-order chi connectivity index (χ0) is 16.0. The van der Waals surface area contributed by atoms with Gasteiger partial charge in [-0.15, -0.1) is 0 Å². The predicted molar refractivity (Wildman–Crippen MR) is 88.0 cm³/mol. The number of rotatable bonds is 7. The summed E-state index contributed by atoms with van der Waals surface area (Å²) in [7, 11) is 0. The lowest BCUT2D eigenvalue weighted by molar-refractivity contribution is -0.147. The van der Waals surface area contributed by atoms with Crippen LogP contribution in [0.25, 0.3) is 11.1 Å². The Bertz CT molecular complexity index is 618. The van der Waals surface area contributed by atoms with Crippen molar-refractivity contribution >= 4 is 5.97 Å². The van der Waals surface area contributed by atoms with Crippen LogP contribution in [0.2, 0.25) is 0 Å². The highest BCUT2D eigenvalue weighted by molar-refractivity contribution is 5.73. The van der Waals surface area contributed by atoms with Crippen LogP contribution in [-0.2, 0) is 4.79 Å². The predicted octanol–water partition coefficient (Wildman–Crippen LogP) is 4.62. The Morgan fingerprint density at radius 3 is 2.36 bits per heavy atom. The molecule has 0 radical (unpaired) electrons. The van der Waals surface area contributed by atoms with E-state index >= 15 is 0 Å². The number of aliphatic carboxylic acids is 1. The zero-order valence-corrected chi connectivity index (χ0v) is 13.1. The molecule has 2 aromatic carbocycles. The molecule has 3 nitrogen and oxygen atoms in total. The maximum absolute atomic E-state index is 11.1. The fourth-order valence-corrected chi connectivity index (χ4v) is 2.25. The molecule has 0 fully saturated rings. The molecule has 0 saturated heterocycles. The van der Waals surface area contributed by atoms with Gasteiger partial charge in [0.25, 0.3) is 0 Å². The highest BCUT2D eigenvalue weighted by atomic mass is 16.5. The lowest BCUT2D eigenvalue weighted by Gasteiger charge is -2.19. The summed E-state index contributed by atoms with van der Waals surface area (Å²) in [6.07, 6.45) is 1.30. The van der Waals surface area contributed by atoms with Crippen LogP contribution in [0.15, 0.2) is 54.6 Å². The number of carbonyl (C=O) groups is 1. The molecular formula is C19H22O3. The van der Waals surface area contributed by atoms with Gasteiger partial charge in [0.2, 0.25) is 0 Å². The van der Waals surface area contributed by atoms with Crippen LogP contribution in [-0.4, -0.2) is 17.7 Å². The molecule has 22 heavy (non-hydrogen) atoms. The number of para-hydroxylation sites is 1. The van der Waals surface area contributed by atoms with Gasteiger partial charge in [-0.3, -0.25) is 4.79 Å². The topological polar surface area (TPSA) is 46.5 Å². The molecule has 3 heteroatoms. The third-order valence-corrected chi connectivity index (χ3v) is 3.75. The van der Waals surface area contributed by atoms with Crippen LogP contribution < -0.4 is 4.74 Å². The van der Waals surface area contributed by atoms with E-state index in [2.05, 4.69) is 12.1 Å². The minimum Gasteiger partial charge on any atom is -0.493 e. The first-order valence-electron chi connectivity index (χ1n) is 7.51. The first kappa shape index (κ1) is 16.1. The number of benzene rings is 2. The second-order valence-electron chi connectivity index (χ2n) is 6.00. The minimum atomic E-state index is -0.766. The van der Waals surface area contributed by atoms with Crippen molar-refractivity contribution in [2.45, 2.75) is 26.7 Å². The number of ether oxygens (including phenoxy) is 1. The molecule has 1 N–H and O–H groups in total. The molecule has 0 atom stereocenters. The molecule has 0 amide bonds. The lowest BCUT2D eigenvalue weighted by Crippen LogP contribution is -2.24. The van der Waals surface area contributed by atoms with E-state index in [0.29, 0.717) is 19.4 Å². The van der Waals surface area contributed by atoms with E-state index < -0.39 is 11.4 Å². The van der Waals surface area contributed by atoms with Gasteiger partial charge in [-0.1, -0.05) is 48.5 Å².